The standard InChI is InChI=1S/C19H21BrN2O3/c1-13(2)12-25-16-7-4-14(5-8-16)11-21-22-19(23)17-10-15(20)6-9-18(17)24-3/h4-11,13H,12H2,1-3H3,(H,22,23)/b21-11-. The quantitative estimate of drug-likeness (QED) is 0.553. The first-order valence-corrected chi connectivity index (χ1v) is 8.68. The van der Waals surface area contributed by atoms with Gasteiger partial charge in [0.05, 0.1) is 25.5 Å². The second kappa shape index (κ2) is 9.22. The van der Waals surface area contributed by atoms with Gasteiger partial charge in [0.25, 0.3) is 5.91 Å². The van der Waals surface area contributed by atoms with Crippen LogP contribution in [0, 0.1) is 5.92 Å². The summed E-state index contributed by atoms with van der Waals surface area (Å²) in [4.78, 5) is 12.2. The second-order valence-corrected chi connectivity index (χ2v) is 6.73. The first-order chi connectivity index (χ1) is 12.0. The molecular formula is C19H21BrN2O3. The summed E-state index contributed by atoms with van der Waals surface area (Å²) < 4.78 is 11.6. The maximum absolute atomic E-state index is 12.2. The van der Waals surface area contributed by atoms with Gasteiger partial charge < -0.3 is 9.47 Å². The minimum absolute atomic E-state index is 0.341. The second-order valence-electron chi connectivity index (χ2n) is 5.82. The number of hydrogen-bond acceptors (Lipinski definition) is 4. The van der Waals surface area contributed by atoms with Gasteiger partial charge in [0.1, 0.15) is 11.5 Å². The van der Waals surface area contributed by atoms with Gasteiger partial charge in [0.15, 0.2) is 0 Å². The Morgan fingerprint density at radius 2 is 1.96 bits per heavy atom. The van der Waals surface area contributed by atoms with Gasteiger partial charge in [-0.05, 0) is 53.9 Å². The zero-order valence-corrected chi connectivity index (χ0v) is 16.0. The van der Waals surface area contributed by atoms with E-state index in [0.29, 0.717) is 23.8 Å². The molecule has 0 fully saturated rings. The van der Waals surface area contributed by atoms with Gasteiger partial charge in [-0.25, -0.2) is 5.43 Å². The first-order valence-electron chi connectivity index (χ1n) is 7.89. The van der Waals surface area contributed by atoms with Crippen molar-refractivity contribution in [2.24, 2.45) is 11.0 Å². The number of carbonyl (C=O) groups is 1. The normalized spacial score (nSPS) is 10.9. The molecule has 1 N–H and O–H groups in total. The Morgan fingerprint density at radius 3 is 2.60 bits per heavy atom. The minimum Gasteiger partial charge on any atom is -0.496 e. The number of nitrogens with one attached hydrogen (secondary N) is 1. The Bertz CT molecular complexity index is 743. The molecule has 0 aliphatic carbocycles. The summed E-state index contributed by atoms with van der Waals surface area (Å²) in [5.74, 6) is 1.44. The van der Waals surface area contributed by atoms with Crippen molar-refractivity contribution in [3.8, 4) is 11.5 Å². The van der Waals surface area contributed by atoms with E-state index in [0.717, 1.165) is 15.8 Å². The molecule has 5 nitrogen and oxygen atoms in total. The molecule has 0 aliphatic rings. The van der Waals surface area contributed by atoms with E-state index >= 15 is 0 Å². The lowest BCUT2D eigenvalue weighted by molar-refractivity contribution is 0.0952. The summed E-state index contributed by atoms with van der Waals surface area (Å²) in [6, 6.07) is 12.7. The zero-order chi connectivity index (χ0) is 18.2. The molecule has 25 heavy (non-hydrogen) atoms. The highest BCUT2D eigenvalue weighted by atomic mass is 79.9. The molecule has 0 radical (unpaired) electrons. The number of hydrazone groups is 1. The van der Waals surface area contributed by atoms with Crippen molar-refractivity contribution in [2.45, 2.75) is 13.8 Å². The van der Waals surface area contributed by atoms with Crippen LogP contribution in [0.4, 0.5) is 0 Å². The number of amides is 1. The third-order valence-corrected chi connectivity index (χ3v) is 3.74. The van der Waals surface area contributed by atoms with Crippen LogP contribution in [-0.2, 0) is 0 Å². The highest BCUT2D eigenvalue weighted by Gasteiger charge is 2.11. The summed E-state index contributed by atoms with van der Waals surface area (Å²) in [7, 11) is 1.52. The Labute approximate surface area is 156 Å². The molecule has 2 aromatic carbocycles. The fourth-order valence-electron chi connectivity index (χ4n) is 2.00. The minimum atomic E-state index is -0.341. The molecule has 0 bridgehead atoms. The summed E-state index contributed by atoms with van der Waals surface area (Å²) in [5.41, 5.74) is 3.77. The molecule has 1 amide bonds. The maximum atomic E-state index is 12.2. The molecule has 0 aromatic heterocycles. The van der Waals surface area contributed by atoms with E-state index in [2.05, 4.69) is 40.3 Å². The van der Waals surface area contributed by atoms with Gasteiger partial charge in [-0.3, -0.25) is 4.79 Å². The number of carbonyl (C=O) groups excluding carboxylic acids is 1. The molecular weight excluding hydrogens is 384 g/mol. The van der Waals surface area contributed by atoms with Gasteiger partial charge in [-0.1, -0.05) is 29.8 Å². The van der Waals surface area contributed by atoms with E-state index in [1.807, 2.05) is 30.3 Å². The lowest BCUT2D eigenvalue weighted by atomic mass is 10.2. The molecule has 0 saturated heterocycles. The Kier molecular flexibility index (Phi) is 7.01. The maximum Gasteiger partial charge on any atom is 0.275 e. The first kappa shape index (κ1) is 19.0. The Hall–Kier alpha value is -2.34. The molecule has 0 saturated carbocycles. The number of hydrogen-bond donors (Lipinski definition) is 1. The summed E-state index contributed by atoms with van der Waals surface area (Å²) in [5, 5.41) is 3.99. The molecule has 2 aromatic rings. The molecule has 2 rings (SSSR count). The van der Waals surface area contributed by atoms with E-state index in [9.17, 15) is 4.79 Å². The van der Waals surface area contributed by atoms with Crippen LogP contribution in [0.25, 0.3) is 0 Å². The summed E-state index contributed by atoms with van der Waals surface area (Å²) >= 11 is 3.34. The van der Waals surface area contributed by atoms with Crippen molar-refractivity contribution < 1.29 is 14.3 Å². The third kappa shape index (κ3) is 5.90. The molecule has 0 atom stereocenters. The molecule has 6 heteroatoms. The van der Waals surface area contributed by atoms with Crippen LogP contribution in [0.15, 0.2) is 52.0 Å². The highest BCUT2D eigenvalue weighted by molar-refractivity contribution is 9.10. The highest BCUT2D eigenvalue weighted by Crippen LogP contribution is 2.22. The average molecular weight is 405 g/mol. The smallest absolute Gasteiger partial charge is 0.275 e. The van der Waals surface area contributed by atoms with Crippen LogP contribution in [0.2, 0.25) is 0 Å². The summed E-state index contributed by atoms with van der Waals surface area (Å²) in [6.45, 7) is 4.88. The van der Waals surface area contributed by atoms with Crippen molar-refractivity contribution in [1.29, 1.82) is 0 Å². The fraction of sp³-hybridized carbons (Fsp3) is 0.263. The number of benzene rings is 2. The van der Waals surface area contributed by atoms with Crippen molar-refractivity contribution >= 4 is 28.1 Å². The van der Waals surface area contributed by atoms with E-state index in [1.165, 1.54) is 7.11 Å². The van der Waals surface area contributed by atoms with E-state index in [-0.39, 0.29) is 5.91 Å². The van der Waals surface area contributed by atoms with Crippen molar-refractivity contribution in [3.63, 3.8) is 0 Å². The van der Waals surface area contributed by atoms with Crippen LogP contribution >= 0.6 is 15.9 Å². The third-order valence-electron chi connectivity index (χ3n) is 3.25. The number of rotatable bonds is 7. The van der Waals surface area contributed by atoms with Crippen LogP contribution < -0.4 is 14.9 Å². The van der Waals surface area contributed by atoms with E-state index < -0.39 is 0 Å². The average Bonchev–Trinajstić information content (AvgIpc) is 2.60. The Morgan fingerprint density at radius 1 is 1.24 bits per heavy atom. The monoisotopic (exact) mass is 404 g/mol. The number of methoxy groups -OCH3 is 1. The van der Waals surface area contributed by atoms with Crippen LogP contribution in [0.5, 0.6) is 11.5 Å². The van der Waals surface area contributed by atoms with Gasteiger partial charge in [0, 0.05) is 4.47 Å². The molecule has 0 heterocycles. The fourth-order valence-corrected chi connectivity index (χ4v) is 2.36. The topological polar surface area (TPSA) is 59.9 Å². The molecule has 0 unspecified atom stereocenters. The predicted octanol–water partition coefficient (Wildman–Crippen LogP) is 4.26. The number of halogens is 1. The van der Waals surface area contributed by atoms with Gasteiger partial charge >= 0.3 is 0 Å². The van der Waals surface area contributed by atoms with Gasteiger partial charge in [-0.15, -0.1) is 0 Å². The lowest BCUT2D eigenvalue weighted by Gasteiger charge is -2.08. The van der Waals surface area contributed by atoms with Crippen molar-refractivity contribution in [3.05, 3.63) is 58.1 Å². The molecule has 132 valence electrons. The van der Waals surface area contributed by atoms with Crippen molar-refractivity contribution in [1.82, 2.24) is 5.43 Å². The van der Waals surface area contributed by atoms with E-state index in [1.54, 1.807) is 18.3 Å². The van der Waals surface area contributed by atoms with Crippen LogP contribution in [0.1, 0.15) is 29.8 Å². The van der Waals surface area contributed by atoms with Crippen LogP contribution in [-0.4, -0.2) is 25.8 Å². The SMILES string of the molecule is COc1ccc(Br)cc1C(=O)N/N=C\c1ccc(OCC(C)C)cc1. The lowest BCUT2D eigenvalue weighted by Crippen LogP contribution is -2.18. The van der Waals surface area contributed by atoms with Gasteiger partial charge in [0.2, 0.25) is 0 Å². The molecule has 0 spiro atoms. The number of ether oxygens (including phenoxy) is 2. The predicted molar refractivity (Wildman–Crippen MR) is 103 cm³/mol. The van der Waals surface area contributed by atoms with E-state index in [4.69, 9.17) is 9.47 Å². The van der Waals surface area contributed by atoms with Crippen LogP contribution in [0.3, 0.4) is 0 Å². The largest absolute Gasteiger partial charge is 0.496 e. The molecule has 0 aliphatic heterocycles. The van der Waals surface area contributed by atoms with Crippen molar-refractivity contribution in [2.75, 3.05) is 13.7 Å². The number of nitrogens with zero attached hydrogens (tertiary/aromatic N) is 1. The zero-order valence-electron chi connectivity index (χ0n) is 14.5. The van der Waals surface area contributed by atoms with Gasteiger partial charge in [-0.2, -0.15) is 5.10 Å². The Balaban J connectivity index is 1.96. The summed E-state index contributed by atoms with van der Waals surface area (Å²) in [6.07, 6.45) is 1.58.